The van der Waals surface area contributed by atoms with Crippen molar-refractivity contribution in [3.05, 3.63) is 94.5 Å². The summed E-state index contributed by atoms with van der Waals surface area (Å²) in [6.45, 7) is 3.79. The monoisotopic (exact) mass is 672 g/mol. The van der Waals surface area contributed by atoms with Gasteiger partial charge in [-0.3, -0.25) is 19.2 Å². The van der Waals surface area contributed by atoms with E-state index < -0.39 is 60.4 Å². The zero-order valence-electron chi connectivity index (χ0n) is 26.0. The topological polar surface area (TPSA) is 199 Å². The third kappa shape index (κ3) is 10.0. The predicted molar refractivity (Wildman–Crippen MR) is 167 cm³/mol. The van der Waals surface area contributed by atoms with Crippen molar-refractivity contribution in [1.29, 1.82) is 0 Å². The van der Waals surface area contributed by atoms with E-state index in [1.807, 2.05) is 38.1 Å². The molecule has 3 atom stereocenters. The van der Waals surface area contributed by atoms with Gasteiger partial charge in [-0.1, -0.05) is 42.5 Å². The van der Waals surface area contributed by atoms with Gasteiger partial charge in [-0.05, 0) is 72.4 Å². The zero-order chi connectivity index (χ0) is 35.8. The number of halogens is 3. The number of nitrogens with zero attached hydrogens (tertiary/aromatic N) is 1. The van der Waals surface area contributed by atoms with Crippen LogP contribution in [0.3, 0.4) is 0 Å². The molecule has 0 aromatic heterocycles. The van der Waals surface area contributed by atoms with Crippen LogP contribution in [0.4, 0.5) is 18.9 Å². The average Bonchev–Trinajstić information content (AvgIpc) is 3.01. The molecule has 3 aromatic carbocycles. The number of carboxylic acids is 2. The zero-order valence-corrected chi connectivity index (χ0v) is 26.0. The van der Waals surface area contributed by atoms with Crippen molar-refractivity contribution < 1.29 is 52.5 Å². The van der Waals surface area contributed by atoms with Gasteiger partial charge in [-0.15, -0.1) is 0 Å². The fourth-order valence-corrected chi connectivity index (χ4v) is 5.20. The molecule has 0 unspecified atom stereocenters. The number of aromatic hydroxyl groups is 1. The van der Waals surface area contributed by atoms with E-state index in [-0.39, 0.29) is 25.1 Å². The number of anilines is 1. The molecule has 3 aromatic rings. The largest absolute Gasteiger partial charge is 0.508 e. The van der Waals surface area contributed by atoms with E-state index in [4.69, 9.17) is 15.6 Å². The molecule has 256 valence electrons. The Hall–Kier alpha value is -5.44. The van der Waals surface area contributed by atoms with Gasteiger partial charge in [0.2, 0.25) is 17.7 Å². The molecule has 3 amide bonds. The predicted octanol–water partition coefficient (Wildman–Crippen LogP) is 3.06. The molecule has 4 rings (SSSR count). The number of carbonyl (C=O) groups is 5. The van der Waals surface area contributed by atoms with Crippen molar-refractivity contribution in [2.45, 2.75) is 64.0 Å². The van der Waals surface area contributed by atoms with Crippen LogP contribution in [0.5, 0.6) is 5.75 Å². The number of hydrogen-bond donors (Lipinski definition) is 6. The second-order valence-corrected chi connectivity index (χ2v) is 11.1. The van der Waals surface area contributed by atoms with E-state index >= 15 is 0 Å². The second-order valence-electron chi connectivity index (χ2n) is 11.1. The van der Waals surface area contributed by atoms with E-state index in [0.29, 0.717) is 5.69 Å². The molecule has 12 nitrogen and oxygen atoms in total. The van der Waals surface area contributed by atoms with Crippen LogP contribution in [0.1, 0.15) is 34.2 Å². The van der Waals surface area contributed by atoms with Gasteiger partial charge in [0.1, 0.15) is 17.8 Å². The van der Waals surface area contributed by atoms with Crippen molar-refractivity contribution in [3.8, 4) is 5.75 Å². The minimum absolute atomic E-state index is 0.125. The van der Waals surface area contributed by atoms with E-state index in [2.05, 4.69) is 10.6 Å². The smallest absolute Gasteiger partial charge is 0.490 e. The number of rotatable bonds is 9. The Kier molecular flexibility index (Phi) is 12.3. The molecule has 15 heteroatoms. The maximum absolute atomic E-state index is 13.8. The van der Waals surface area contributed by atoms with Crippen molar-refractivity contribution >= 4 is 35.3 Å². The van der Waals surface area contributed by atoms with Crippen LogP contribution in [0.25, 0.3) is 0 Å². The summed E-state index contributed by atoms with van der Waals surface area (Å²) < 4.78 is 31.7. The number of hydrogen-bond acceptors (Lipinski definition) is 7. The van der Waals surface area contributed by atoms with Gasteiger partial charge in [0, 0.05) is 18.7 Å². The first kappa shape index (κ1) is 37.0. The van der Waals surface area contributed by atoms with Crippen LogP contribution in [0.15, 0.2) is 66.7 Å². The number of nitrogens with one attached hydrogen (secondary N) is 2. The molecule has 1 heterocycles. The van der Waals surface area contributed by atoms with Crippen molar-refractivity contribution in [2.75, 3.05) is 5.32 Å². The van der Waals surface area contributed by atoms with Crippen molar-refractivity contribution in [2.24, 2.45) is 5.73 Å². The fourth-order valence-electron chi connectivity index (χ4n) is 5.20. The summed E-state index contributed by atoms with van der Waals surface area (Å²) in [7, 11) is 0. The second kappa shape index (κ2) is 15.9. The van der Waals surface area contributed by atoms with Crippen LogP contribution >= 0.6 is 0 Å². The van der Waals surface area contributed by atoms with Crippen LogP contribution in [0.2, 0.25) is 0 Å². The number of aryl methyl sites for hydroxylation is 2. The lowest BCUT2D eigenvalue weighted by Gasteiger charge is -2.38. The number of amides is 3. The third-order valence-corrected chi connectivity index (χ3v) is 7.55. The summed E-state index contributed by atoms with van der Waals surface area (Å²) in [6.07, 6.45) is -5.34. The normalized spacial score (nSPS) is 15.1. The first-order valence-corrected chi connectivity index (χ1v) is 14.6. The Labute approximate surface area is 273 Å². The van der Waals surface area contributed by atoms with E-state index in [1.54, 1.807) is 42.5 Å². The van der Waals surface area contributed by atoms with E-state index in [9.17, 15) is 42.6 Å². The Balaban J connectivity index is 0.000000804. The van der Waals surface area contributed by atoms with Gasteiger partial charge in [-0.2, -0.15) is 13.2 Å². The highest BCUT2D eigenvalue weighted by molar-refractivity contribution is 6.00. The third-order valence-electron chi connectivity index (χ3n) is 7.55. The van der Waals surface area contributed by atoms with Crippen LogP contribution in [-0.4, -0.2) is 74.2 Å². The minimum Gasteiger partial charge on any atom is -0.508 e. The highest BCUT2D eigenvalue weighted by Gasteiger charge is 2.39. The SMILES string of the molecule is Cc1cc(O)cc(C)c1C[C@H](N)C(=O)N1Cc2ccccc2C[C@H]1C(=O)N[C@H](CC(=O)O)C(=O)Nc1ccccc1.O=C(O)C(F)(F)F. The number of alkyl halides is 3. The number of phenols is 1. The standard InChI is InChI=1S/C31H34N4O6.C2HF3O2/c1-18-12-23(36)13-19(2)24(18)15-25(32)31(41)35-17-21-9-7-6-8-20(21)14-27(35)30(40)34-26(16-28(37)38)29(39)33-22-10-4-3-5-11-22;3-2(4,5)1(6)7/h3-13,25-27,36H,14-17,32H2,1-2H3,(H,33,39)(H,34,40)(H,37,38);(H,6,7)/t25-,26+,27-;/m0./s1. The lowest BCUT2D eigenvalue weighted by atomic mass is 9.91. The molecule has 0 fully saturated rings. The van der Waals surface area contributed by atoms with E-state index in [1.165, 1.54) is 4.90 Å². The molecule has 7 N–H and O–H groups in total. The maximum atomic E-state index is 13.8. The molecule has 0 saturated heterocycles. The number of carbonyl (C=O) groups excluding carboxylic acids is 3. The summed E-state index contributed by atoms with van der Waals surface area (Å²) in [5, 5.41) is 31.7. The number of carboxylic acid groups (broad SMARTS) is 2. The van der Waals surface area contributed by atoms with Gasteiger partial charge < -0.3 is 36.6 Å². The van der Waals surface area contributed by atoms with Crippen molar-refractivity contribution in [3.63, 3.8) is 0 Å². The highest BCUT2D eigenvalue weighted by atomic mass is 19.4. The molecule has 0 radical (unpaired) electrons. The first-order chi connectivity index (χ1) is 22.5. The summed E-state index contributed by atoms with van der Waals surface area (Å²) in [6, 6.07) is 15.8. The average molecular weight is 673 g/mol. The molecule has 1 aliphatic heterocycles. The van der Waals surface area contributed by atoms with E-state index in [0.717, 1.165) is 27.8 Å². The number of phenolic OH excluding ortho intramolecular Hbond substituents is 1. The molecule has 0 spiro atoms. The van der Waals surface area contributed by atoms with Gasteiger partial charge in [-0.25, -0.2) is 4.79 Å². The molecule has 0 aliphatic carbocycles. The van der Waals surface area contributed by atoms with Crippen LogP contribution in [0, 0.1) is 13.8 Å². The van der Waals surface area contributed by atoms with Gasteiger partial charge in [0.15, 0.2) is 0 Å². The van der Waals surface area contributed by atoms with Crippen LogP contribution < -0.4 is 16.4 Å². The molecular weight excluding hydrogens is 637 g/mol. The fraction of sp³-hybridized carbons (Fsp3) is 0.303. The summed E-state index contributed by atoms with van der Waals surface area (Å²) in [5.74, 6) is -5.67. The highest BCUT2D eigenvalue weighted by Crippen LogP contribution is 2.26. The number of nitrogens with two attached hydrogens (primary N) is 1. The quantitative estimate of drug-likeness (QED) is 0.198. The lowest BCUT2D eigenvalue weighted by molar-refractivity contribution is -0.192. The van der Waals surface area contributed by atoms with Gasteiger partial charge in [0.25, 0.3) is 0 Å². The molecule has 0 saturated carbocycles. The maximum Gasteiger partial charge on any atom is 0.490 e. The molecule has 48 heavy (non-hydrogen) atoms. The Bertz CT molecular complexity index is 1640. The summed E-state index contributed by atoms with van der Waals surface area (Å²) in [5.41, 5.74) is 11.0. The van der Waals surface area contributed by atoms with Gasteiger partial charge in [0.05, 0.1) is 12.5 Å². The summed E-state index contributed by atoms with van der Waals surface area (Å²) >= 11 is 0. The van der Waals surface area contributed by atoms with Crippen molar-refractivity contribution in [1.82, 2.24) is 10.2 Å². The number of benzene rings is 3. The Morgan fingerprint density at radius 1 is 0.938 bits per heavy atom. The number of aliphatic carboxylic acids is 2. The molecule has 1 aliphatic rings. The molecule has 0 bridgehead atoms. The first-order valence-electron chi connectivity index (χ1n) is 14.6. The summed E-state index contributed by atoms with van der Waals surface area (Å²) in [4.78, 5) is 62.2. The Morgan fingerprint density at radius 3 is 2.02 bits per heavy atom. The van der Waals surface area contributed by atoms with Gasteiger partial charge >= 0.3 is 18.1 Å². The Morgan fingerprint density at radius 2 is 1.48 bits per heavy atom. The number of para-hydroxylation sites is 1. The van der Waals surface area contributed by atoms with Crippen LogP contribution in [-0.2, 0) is 43.4 Å². The number of fused-ring (bicyclic) bond motifs is 1. The minimum atomic E-state index is -5.08. The molecular formula is C33H35F3N4O8. The lowest BCUT2D eigenvalue weighted by Crippen LogP contribution is -2.59.